The molecule has 1 aliphatic carbocycles. The number of pyridine rings is 1. The Morgan fingerprint density at radius 2 is 2.03 bits per heavy atom. The van der Waals surface area contributed by atoms with Crippen LogP contribution in [0.25, 0.3) is 5.69 Å². The van der Waals surface area contributed by atoms with Gasteiger partial charge in [0.2, 0.25) is 11.8 Å². The summed E-state index contributed by atoms with van der Waals surface area (Å²) in [6, 6.07) is 3.57. The Morgan fingerprint density at radius 1 is 1.26 bits per heavy atom. The summed E-state index contributed by atoms with van der Waals surface area (Å²) in [5.41, 5.74) is 7.67. The average molecular weight is 468 g/mol. The zero-order valence-electron chi connectivity index (χ0n) is 19.7. The van der Waals surface area contributed by atoms with Gasteiger partial charge < -0.3 is 20.5 Å². The molecule has 11 heteroatoms. The van der Waals surface area contributed by atoms with Crippen molar-refractivity contribution in [3.63, 3.8) is 0 Å². The van der Waals surface area contributed by atoms with Crippen LogP contribution in [-0.2, 0) is 7.05 Å². The van der Waals surface area contributed by atoms with E-state index in [0.717, 1.165) is 30.6 Å². The zero-order valence-corrected chi connectivity index (χ0v) is 19.7. The zero-order chi connectivity index (χ0) is 24.4. The predicted octanol–water partition coefficient (Wildman–Crippen LogP) is 1.78. The van der Waals surface area contributed by atoms with Gasteiger partial charge in [0.1, 0.15) is 11.7 Å². The number of aromatic nitrogens is 5. The van der Waals surface area contributed by atoms with Crippen LogP contribution in [0.4, 0.5) is 0 Å². The van der Waals surface area contributed by atoms with Crippen LogP contribution in [0.1, 0.15) is 52.6 Å². The van der Waals surface area contributed by atoms with Crippen LogP contribution in [0.15, 0.2) is 30.7 Å². The van der Waals surface area contributed by atoms with Crippen LogP contribution in [0.5, 0.6) is 11.8 Å². The highest BCUT2D eigenvalue weighted by Crippen LogP contribution is 2.35. The number of methoxy groups -OCH3 is 1. The minimum atomic E-state index is -0.558. The third-order valence-corrected chi connectivity index (χ3v) is 6.02. The molecule has 180 valence electrons. The third kappa shape index (κ3) is 4.87. The minimum absolute atomic E-state index is 0.0140. The van der Waals surface area contributed by atoms with E-state index in [1.165, 1.54) is 4.68 Å². The molecule has 1 fully saturated rings. The van der Waals surface area contributed by atoms with E-state index in [2.05, 4.69) is 20.5 Å². The molecule has 1 atom stereocenters. The largest absolute Gasteiger partial charge is 0.481 e. The SMILES string of the molecule is COc1ccc(-n2ncc(C(=O)N[C@@H](C)CC3CC(Oc4nn(C)cc4C(N)=O)C3)c2C)cn1. The van der Waals surface area contributed by atoms with Crippen LogP contribution in [-0.4, -0.2) is 55.6 Å². The van der Waals surface area contributed by atoms with Gasteiger partial charge >= 0.3 is 0 Å². The minimum Gasteiger partial charge on any atom is -0.481 e. The number of hydrogen-bond donors (Lipinski definition) is 2. The molecule has 3 N–H and O–H groups in total. The fraction of sp³-hybridized carbons (Fsp3) is 0.435. The second kappa shape index (κ2) is 9.54. The highest BCUT2D eigenvalue weighted by Gasteiger charge is 2.33. The molecule has 3 aromatic rings. The number of nitrogens with one attached hydrogen (secondary N) is 1. The molecule has 1 saturated carbocycles. The molecule has 0 aliphatic heterocycles. The number of carbonyl (C=O) groups excluding carboxylic acids is 2. The molecule has 3 aromatic heterocycles. The van der Waals surface area contributed by atoms with Gasteiger partial charge in [-0.25, -0.2) is 9.67 Å². The quantitative estimate of drug-likeness (QED) is 0.489. The van der Waals surface area contributed by atoms with Crippen molar-refractivity contribution in [1.82, 2.24) is 29.9 Å². The highest BCUT2D eigenvalue weighted by atomic mass is 16.5. The van der Waals surface area contributed by atoms with Crippen molar-refractivity contribution in [2.24, 2.45) is 18.7 Å². The van der Waals surface area contributed by atoms with Gasteiger partial charge in [-0.3, -0.25) is 14.3 Å². The maximum Gasteiger partial charge on any atom is 0.255 e. The molecule has 1 aliphatic rings. The summed E-state index contributed by atoms with van der Waals surface area (Å²) in [6.45, 7) is 3.84. The number of nitrogens with two attached hydrogens (primary N) is 1. The molecule has 0 unspecified atom stereocenters. The van der Waals surface area contributed by atoms with Crippen LogP contribution in [0.2, 0.25) is 0 Å². The molecule has 11 nitrogen and oxygen atoms in total. The fourth-order valence-corrected chi connectivity index (χ4v) is 4.22. The second-order valence-electron chi connectivity index (χ2n) is 8.69. The molecule has 0 aromatic carbocycles. The van der Waals surface area contributed by atoms with E-state index < -0.39 is 5.91 Å². The summed E-state index contributed by atoms with van der Waals surface area (Å²) >= 11 is 0. The summed E-state index contributed by atoms with van der Waals surface area (Å²) in [5.74, 6) is 0.480. The molecule has 0 radical (unpaired) electrons. The number of aryl methyl sites for hydroxylation is 1. The first kappa shape index (κ1) is 23.3. The predicted molar refractivity (Wildman–Crippen MR) is 123 cm³/mol. The Labute approximate surface area is 197 Å². The topological polar surface area (TPSA) is 139 Å². The maximum absolute atomic E-state index is 12.8. The molecule has 2 amide bonds. The summed E-state index contributed by atoms with van der Waals surface area (Å²) in [7, 11) is 3.27. The van der Waals surface area contributed by atoms with Crippen molar-refractivity contribution in [1.29, 1.82) is 0 Å². The number of ether oxygens (including phenoxy) is 2. The Morgan fingerprint density at radius 3 is 2.68 bits per heavy atom. The molecule has 0 saturated heterocycles. The molecular formula is C23H29N7O4. The van der Waals surface area contributed by atoms with Gasteiger partial charge in [0.15, 0.2) is 0 Å². The van der Waals surface area contributed by atoms with E-state index in [1.54, 1.807) is 43.5 Å². The lowest BCUT2D eigenvalue weighted by molar-refractivity contribution is 0.0505. The normalized spacial score (nSPS) is 18.1. The van der Waals surface area contributed by atoms with E-state index >= 15 is 0 Å². The van der Waals surface area contributed by atoms with Crippen molar-refractivity contribution >= 4 is 11.8 Å². The Bertz CT molecular complexity index is 1180. The fourth-order valence-electron chi connectivity index (χ4n) is 4.22. The standard InChI is InChI=1S/C23H29N7O4/c1-13(7-15-8-17(9-15)34-23-19(21(24)31)12-29(3)28-23)27-22(32)18-11-26-30(14(18)2)16-5-6-20(33-4)25-10-16/h5-6,10-13,15,17H,7-9H2,1-4H3,(H2,24,31)(H,27,32)/t13-,15?,17?/m0/s1. The summed E-state index contributed by atoms with van der Waals surface area (Å²) < 4.78 is 14.1. The molecule has 34 heavy (non-hydrogen) atoms. The van der Waals surface area contributed by atoms with Crippen LogP contribution >= 0.6 is 0 Å². The molecular weight excluding hydrogens is 438 g/mol. The van der Waals surface area contributed by atoms with Crippen LogP contribution in [0, 0.1) is 12.8 Å². The summed E-state index contributed by atoms with van der Waals surface area (Å²) in [5, 5.41) is 11.6. The first-order valence-electron chi connectivity index (χ1n) is 11.1. The van der Waals surface area contributed by atoms with Crippen molar-refractivity contribution in [3.8, 4) is 17.4 Å². The van der Waals surface area contributed by atoms with Crippen LogP contribution < -0.4 is 20.5 Å². The summed E-state index contributed by atoms with van der Waals surface area (Å²) in [4.78, 5) is 28.5. The van der Waals surface area contributed by atoms with Crippen LogP contribution in [0.3, 0.4) is 0 Å². The van der Waals surface area contributed by atoms with Gasteiger partial charge in [0.25, 0.3) is 11.8 Å². The molecule has 0 spiro atoms. The van der Waals surface area contributed by atoms with Gasteiger partial charge in [0, 0.05) is 25.4 Å². The number of nitrogens with zero attached hydrogens (tertiary/aromatic N) is 5. The number of primary amides is 1. The van der Waals surface area contributed by atoms with E-state index in [0.29, 0.717) is 17.4 Å². The van der Waals surface area contributed by atoms with Crippen molar-refractivity contribution in [2.75, 3.05) is 7.11 Å². The van der Waals surface area contributed by atoms with E-state index in [4.69, 9.17) is 15.2 Å². The highest BCUT2D eigenvalue weighted by molar-refractivity contribution is 5.95. The molecule has 4 rings (SSSR count). The Hall–Kier alpha value is -3.89. The van der Waals surface area contributed by atoms with Gasteiger partial charge in [-0.05, 0) is 45.1 Å². The number of rotatable bonds is 9. The summed E-state index contributed by atoms with van der Waals surface area (Å²) in [6.07, 6.45) is 7.24. The average Bonchev–Trinajstić information content (AvgIpc) is 3.34. The number of hydrogen-bond acceptors (Lipinski definition) is 7. The first-order valence-corrected chi connectivity index (χ1v) is 11.1. The Kier molecular flexibility index (Phi) is 6.53. The lowest BCUT2D eigenvalue weighted by atomic mass is 9.78. The van der Waals surface area contributed by atoms with Gasteiger partial charge in [-0.15, -0.1) is 5.10 Å². The second-order valence-corrected chi connectivity index (χ2v) is 8.69. The lowest BCUT2D eigenvalue weighted by Crippen LogP contribution is -2.40. The van der Waals surface area contributed by atoms with E-state index in [9.17, 15) is 9.59 Å². The number of amides is 2. The third-order valence-electron chi connectivity index (χ3n) is 6.02. The van der Waals surface area contributed by atoms with Crippen molar-refractivity contribution in [3.05, 3.63) is 47.5 Å². The monoisotopic (exact) mass is 467 g/mol. The van der Waals surface area contributed by atoms with Gasteiger partial charge in [0.05, 0.1) is 36.4 Å². The molecule has 3 heterocycles. The number of carbonyl (C=O) groups is 2. The van der Waals surface area contributed by atoms with Gasteiger partial charge in [-0.1, -0.05) is 0 Å². The maximum atomic E-state index is 12.8. The Balaban J connectivity index is 1.28. The van der Waals surface area contributed by atoms with E-state index in [1.807, 2.05) is 19.9 Å². The first-order chi connectivity index (χ1) is 16.2. The molecule has 0 bridgehead atoms. The van der Waals surface area contributed by atoms with E-state index in [-0.39, 0.29) is 29.5 Å². The smallest absolute Gasteiger partial charge is 0.255 e. The van der Waals surface area contributed by atoms with Crippen molar-refractivity contribution in [2.45, 2.75) is 45.3 Å². The van der Waals surface area contributed by atoms with Gasteiger partial charge in [-0.2, -0.15) is 5.10 Å². The lowest BCUT2D eigenvalue weighted by Gasteiger charge is -2.36. The van der Waals surface area contributed by atoms with Crippen molar-refractivity contribution < 1.29 is 19.1 Å².